The standard InChI is InChI=1S/C14H20BrN/c1-11-6-7-12(2)16(9-11)10-13-4-3-5-14(15)8-13/h3-5,8,11-12H,6-7,9-10H2,1-2H3. The molecule has 0 aromatic heterocycles. The van der Waals surface area contributed by atoms with Crippen LogP contribution in [0.25, 0.3) is 0 Å². The molecule has 1 aliphatic rings. The molecule has 1 aliphatic heterocycles. The Morgan fingerprint density at radius 2 is 2.12 bits per heavy atom. The molecule has 0 bridgehead atoms. The van der Waals surface area contributed by atoms with Crippen molar-refractivity contribution in [1.82, 2.24) is 4.90 Å². The zero-order valence-corrected chi connectivity index (χ0v) is 11.7. The van der Waals surface area contributed by atoms with Crippen molar-refractivity contribution in [1.29, 1.82) is 0 Å². The minimum absolute atomic E-state index is 0.732. The maximum Gasteiger partial charge on any atom is 0.0237 e. The zero-order valence-electron chi connectivity index (χ0n) is 10.1. The summed E-state index contributed by atoms with van der Waals surface area (Å²) in [7, 11) is 0. The molecule has 0 spiro atoms. The van der Waals surface area contributed by atoms with Crippen LogP contribution in [0.3, 0.4) is 0 Å². The molecule has 1 fully saturated rings. The molecule has 88 valence electrons. The van der Waals surface area contributed by atoms with Gasteiger partial charge in [-0.2, -0.15) is 0 Å². The average Bonchev–Trinajstić information content (AvgIpc) is 2.24. The minimum atomic E-state index is 0.732. The number of likely N-dealkylation sites (tertiary alicyclic amines) is 1. The Morgan fingerprint density at radius 3 is 2.88 bits per heavy atom. The van der Waals surface area contributed by atoms with Gasteiger partial charge in [-0.3, -0.25) is 4.90 Å². The van der Waals surface area contributed by atoms with Crippen LogP contribution in [0, 0.1) is 5.92 Å². The summed E-state index contributed by atoms with van der Waals surface area (Å²) in [6, 6.07) is 9.39. The highest BCUT2D eigenvalue weighted by molar-refractivity contribution is 9.10. The number of hydrogen-bond donors (Lipinski definition) is 0. The number of halogens is 1. The molecule has 0 amide bonds. The summed E-state index contributed by atoms with van der Waals surface area (Å²) < 4.78 is 1.18. The van der Waals surface area contributed by atoms with Crippen molar-refractivity contribution in [3.63, 3.8) is 0 Å². The second-order valence-corrected chi connectivity index (χ2v) is 6.01. The third-order valence-electron chi connectivity index (χ3n) is 3.52. The first kappa shape index (κ1) is 12.1. The SMILES string of the molecule is CC1CCC(C)N(Cc2cccc(Br)c2)C1. The highest BCUT2D eigenvalue weighted by atomic mass is 79.9. The molecule has 1 aromatic rings. The van der Waals surface area contributed by atoms with E-state index in [9.17, 15) is 0 Å². The molecule has 2 rings (SSSR count). The average molecular weight is 282 g/mol. The summed E-state index contributed by atoms with van der Waals surface area (Å²) in [5, 5.41) is 0. The Hall–Kier alpha value is -0.340. The van der Waals surface area contributed by atoms with Gasteiger partial charge in [0.05, 0.1) is 0 Å². The Bertz CT molecular complexity index is 350. The summed E-state index contributed by atoms with van der Waals surface area (Å²) in [5.41, 5.74) is 1.41. The normalized spacial score (nSPS) is 26.9. The lowest BCUT2D eigenvalue weighted by Gasteiger charge is -2.36. The summed E-state index contributed by atoms with van der Waals surface area (Å²) in [6.07, 6.45) is 2.73. The van der Waals surface area contributed by atoms with Gasteiger partial charge in [-0.1, -0.05) is 35.0 Å². The largest absolute Gasteiger partial charge is 0.296 e. The molecule has 0 aliphatic carbocycles. The van der Waals surface area contributed by atoms with Gasteiger partial charge in [0.2, 0.25) is 0 Å². The fourth-order valence-electron chi connectivity index (χ4n) is 2.47. The smallest absolute Gasteiger partial charge is 0.0237 e. The van der Waals surface area contributed by atoms with Crippen LogP contribution in [0.5, 0.6) is 0 Å². The molecule has 16 heavy (non-hydrogen) atoms. The number of benzene rings is 1. The van der Waals surface area contributed by atoms with Gasteiger partial charge in [0.25, 0.3) is 0 Å². The van der Waals surface area contributed by atoms with Gasteiger partial charge in [-0.15, -0.1) is 0 Å². The Labute approximate surface area is 107 Å². The highest BCUT2D eigenvalue weighted by Gasteiger charge is 2.22. The van der Waals surface area contributed by atoms with Crippen molar-refractivity contribution in [3.05, 3.63) is 34.3 Å². The van der Waals surface area contributed by atoms with E-state index in [0.717, 1.165) is 18.5 Å². The predicted molar refractivity (Wildman–Crippen MR) is 72.4 cm³/mol. The van der Waals surface area contributed by atoms with Crippen LogP contribution in [0.15, 0.2) is 28.7 Å². The summed E-state index contributed by atoms with van der Waals surface area (Å²) >= 11 is 3.54. The van der Waals surface area contributed by atoms with Crippen LogP contribution in [0.2, 0.25) is 0 Å². The molecule has 0 N–H and O–H groups in total. The second-order valence-electron chi connectivity index (χ2n) is 5.09. The van der Waals surface area contributed by atoms with Crippen LogP contribution in [0.1, 0.15) is 32.3 Å². The van der Waals surface area contributed by atoms with Gasteiger partial charge >= 0.3 is 0 Å². The molecule has 1 saturated heterocycles. The van der Waals surface area contributed by atoms with E-state index in [-0.39, 0.29) is 0 Å². The Morgan fingerprint density at radius 1 is 1.31 bits per heavy atom. The molecule has 1 heterocycles. The van der Waals surface area contributed by atoms with E-state index >= 15 is 0 Å². The van der Waals surface area contributed by atoms with Gasteiger partial charge in [0.1, 0.15) is 0 Å². The molecular weight excluding hydrogens is 262 g/mol. The molecule has 0 saturated carbocycles. The molecular formula is C14H20BrN. The number of nitrogens with zero attached hydrogens (tertiary/aromatic N) is 1. The summed E-state index contributed by atoms with van der Waals surface area (Å²) in [6.45, 7) is 7.04. The zero-order chi connectivity index (χ0) is 11.5. The molecule has 2 atom stereocenters. The summed E-state index contributed by atoms with van der Waals surface area (Å²) in [5.74, 6) is 0.850. The van der Waals surface area contributed by atoms with Crippen molar-refractivity contribution >= 4 is 15.9 Å². The molecule has 2 heteroatoms. The summed E-state index contributed by atoms with van der Waals surface area (Å²) in [4.78, 5) is 2.61. The van der Waals surface area contributed by atoms with Crippen LogP contribution in [-0.4, -0.2) is 17.5 Å². The minimum Gasteiger partial charge on any atom is -0.296 e. The first-order valence-corrected chi connectivity index (χ1v) is 6.93. The third-order valence-corrected chi connectivity index (χ3v) is 4.01. The number of hydrogen-bond acceptors (Lipinski definition) is 1. The fraction of sp³-hybridized carbons (Fsp3) is 0.571. The van der Waals surface area contributed by atoms with Crippen LogP contribution in [-0.2, 0) is 6.54 Å². The van der Waals surface area contributed by atoms with Crippen LogP contribution in [0.4, 0.5) is 0 Å². The maximum atomic E-state index is 3.54. The van der Waals surface area contributed by atoms with Gasteiger partial charge in [-0.05, 0) is 43.4 Å². The van der Waals surface area contributed by atoms with Crippen molar-refractivity contribution in [2.45, 2.75) is 39.3 Å². The predicted octanol–water partition coefficient (Wildman–Crippen LogP) is 4.07. The second kappa shape index (κ2) is 5.33. The number of rotatable bonds is 2. The van der Waals surface area contributed by atoms with Crippen molar-refractivity contribution in [2.24, 2.45) is 5.92 Å². The lowest BCUT2D eigenvalue weighted by Crippen LogP contribution is -2.40. The van der Waals surface area contributed by atoms with E-state index in [0.29, 0.717) is 0 Å². The van der Waals surface area contributed by atoms with Crippen LogP contribution < -0.4 is 0 Å². The highest BCUT2D eigenvalue weighted by Crippen LogP contribution is 2.23. The Balaban J connectivity index is 2.02. The molecule has 1 aromatic carbocycles. The first-order valence-electron chi connectivity index (χ1n) is 6.13. The maximum absolute atomic E-state index is 3.54. The van der Waals surface area contributed by atoms with Gasteiger partial charge < -0.3 is 0 Å². The monoisotopic (exact) mass is 281 g/mol. The fourth-order valence-corrected chi connectivity index (χ4v) is 2.92. The van der Waals surface area contributed by atoms with Crippen molar-refractivity contribution < 1.29 is 0 Å². The van der Waals surface area contributed by atoms with Crippen molar-refractivity contribution in [2.75, 3.05) is 6.54 Å². The first-order chi connectivity index (χ1) is 7.65. The van der Waals surface area contributed by atoms with Crippen LogP contribution >= 0.6 is 15.9 Å². The van der Waals surface area contributed by atoms with Gasteiger partial charge in [0.15, 0.2) is 0 Å². The quantitative estimate of drug-likeness (QED) is 0.790. The third kappa shape index (κ3) is 3.08. The van der Waals surface area contributed by atoms with E-state index < -0.39 is 0 Å². The van der Waals surface area contributed by atoms with E-state index in [4.69, 9.17) is 0 Å². The Kier molecular flexibility index (Phi) is 4.04. The molecule has 2 unspecified atom stereocenters. The van der Waals surface area contributed by atoms with Crippen molar-refractivity contribution in [3.8, 4) is 0 Å². The lowest BCUT2D eigenvalue weighted by atomic mass is 9.94. The van der Waals surface area contributed by atoms with E-state index in [1.807, 2.05) is 0 Å². The topological polar surface area (TPSA) is 3.24 Å². The van der Waals surface area contributed by atoms with Gasteiger partial charge in [-0.25, -0.2) is 0 Å². The lowest BCUT2D eigenvalue weighted by molar-refractivity contribution is 0.117. The molecule has 1 nitrogen and oxygen atoms in total. The van der Waals surface area contributed by atoms with E-state index in [1.54, 1.807) is 0 Å². The molecule has 0 radical (unpaired) electrons. The van der Waals surface area contributed by atoms with E-state index in [2.05, 4.69) is 58.9 Å². The van der Waals surface area contributed by atoms with Gasteiger partial charge in [0, 0.05) is 23.6 Å². The number of piperidine rings is 1. The van der Waals surface area contributed by atoms with E-state index in [1.165, 1.54) is 29.4 Å².